The number of urea groups is 1. The highest BCUT2D eigenvalue weighted by molar-refractivity contribution is 5.94. The fourth-order valence-electron chi connectivity index (χ4n) is 3.36. The molecule has 29 heavy (non-hydrogen) atoms. The van der Waals surface area contributed by atoms with Gasteiger partial charge in [-0.3, -0.25) is 14.7 Å². The molecule has 1 aliphatic heterocycles. The SMILES string of the molecule is CCN1CCN(C(=O)N(Cc2ccc(C(C)=O)cn2)c2cccc(OC)c2)CC1. The maximum Gasteiger partial charge on any atom is 0.324 e. The molecule has 0 N–H and O–H groups in total. The van der Waals surface area contributed by atoms with Crippen molar-refractivity contribution < 1.29 is 14.3 Å². The largest absolute Gasteiger partial charge is 0.497 e. The van der Waals surface area contributed by atoms with Crippen LogP contribution < -0.4 is 9.64 Å². The Morgan fingerprint density at radius 2 is 1.90 bits per heavy atom. The summed E-state index contributed by atoms with van der Waals surface area (Å²) in [6, 6.07) is 11.0. The number of nitrogens with zero attached hydrogens (tertiary/aromatic N) is 4. The van der Waals surface area contributed by atoms with Crippen molar-refractivity contribution in [3.8, 4) is 5.75 Å². The molecule has 0 bridgehead atoms. The Balaban J connectivity index is 1.85. The van der Waals surface area contributed by atoms with E-state index in [1.807, 2.05) is 29.2 Å². The van der Waals surface area contributed by atoms with Crippen molar-refractivity contribution in [3.05, 3.63) is 53.9 Å². The lowest BCUT2D eigenvalue weighted by molar-refractivity contribution is 0.101. The molecule has 1 aromatic heterocycles. The third-order valence-corrected chi connectivity index (χ3v) is 5.24. The monoisotopic (exact) mass is 396 g/mol. The van der Waals surface area contributed by atoms with Crippen LogP contribution in [0.15, 0.2) is 42.6 Å². The molecule has 2 heterocycles. The second-order valence-electron chi connectivity index (χ2n) is 7.09. The number of benzene rings is 1. The van der Waals surface area contributed by atoms with Gasteiger partial charge in [0.1, 0.15) is 5.75 Å². The number of piperazine rings is 1. The second kappa shape index (κ2) is 9.52. The molecule has 1 aliphatic rings. The molecule has 1 saturated heterocycles. The van der Waals surface area contributed by atoms with E-state index in [-0.39, 0.29) is 11.8 Å². The predicted molar refractivity (Wildman–Crippen MR) is 113 cm³/mol. The molecule has 0 radical (unpaired) electrons. The Morgan fingerprint density at radius 1 is 1.14 bits per heavy atom. The van der Waals surface area contributed by atoms with Crippen LogP contribution >= 0.6 is 0 Å². The molecular formula is C22H28N4O3. The Labute approximate surface area is 171 Å². The van der Waals surface area contributed by atoms with Gasteiger partial charge in [0.25, 0.3) is 0 Å². The minimum atomic E-state index is -0.0496. The van der Waals surface area contributed by atoms with E-state index in [0.717, 1.165) is 31.0 Å². The number of carbonyl (C=O) groups excluding carboxylic acids is 2. The minimum Gasteiger partial charge on any atom is -0.497 e. The third-order valence-electron chi connectivity index (χ3n) is 5.24. The average molecular weight is 396 g/mol. The first-order valence-corrected chi connectivity index (χ1v) is 9.90. The summed E-state index contributed by atoms with van der Waals surface area (Å²) in [5.41, 5.74) is 2.03. The number of pyridine rings is 1. The Morgan fingerprint density at radius 3 is 2.48 bits per heavy atom. The highest BCUT2D eigenvalue weighted by atomic mass is 16.5. The van der Waals surface area contributed by atoms with E-state index >= 15 is 0 Å². The molecule has 3 rings (SSSR count). The highest BCUT2D eigenvalue weighted by Gasteiger charge is 2.26. The van der Waals surface area contributed by atoms with E-state index in [2.05, 4.69) is 16.8 Å². The van der Waals surface area contributed by atoms with Crippen LogP contribution in [0, 0.1) is 0 Å². The zero-order valence-corrected chi connectivity index (χ0v) is 17.3. The normalized spacial score (nSPS) is 14.5. The van der Waals surface area contributed by atoms with Crippen LogP contribution in [-0.4, -0.2) is 66.4 Å². The number of aromatic nitrogens is 1. The third kappa shape index (κ3) is 5.12. The molecule has 7 nitrogen and oxygen atoms in total. The molecular weight excluding hydrogens is 368 g/mol. The van der Waals surface area contributed by atoms with Crippen LogP contribution in [0.2, 0.25) is 0 Å². The smallest absolute Gasteiger partial charge is 0.324 e. The average Bonchev–Trinajstić information content (AvgIpc) is 2.77. The molecule has 0 unspecified atom stereocenters. The maximum absolute atomic E-state index is 13.4. The quantitative estimate of drug-likeness (QED) is 0.702. The summed E-state index contributed by atoms with van der Waals surface area (Å²) in [4.78, 5) is 35.2. The van der Waals surface area contributed by atoms with E-state index in [1.54, 1.807) is 30.3 Å². The van der Waals surface area contributed by atoms with Crippen LogP contribution in [0.3, 0.4) is 0 Å². The van der Waals surface area contributed by atoms with Crippen molar-refractivity contribution in [1.29, 1.82) is 0 Å². The molecule has 0 aliphatic carbocycles. The number of likely N-dealkylation sites (N-methyl/N-ethyl adjacent to an activating group) is 1. The number of ketones is 1. The summed E-state index contributed by atoms with van der Waals surface area (Å²) in [6.07, 6.45) is 1.56. The van der Waals surface area contributed by atoms with Crippen molar-refractivity contribution in [1.82, 2.24) is 14.8 Å². The van der Waals surface area contributed by atoms with Crippen LogP contribution in [0.4, 0.5) is 10.5 Å². The van der Waals surface area contributed by atoms with Gasteiger partial charge < -0.3 is 14.5 Å². The molecule has 0 saturated carbocycles. The number of carbonyl (C=O) groups is 2. The van der Waals surface area contributed by atoms with Gasteiger partial charge in [0, 0.05) is 49.7 Å². The second-order valence-corrected chi connectivity index (χ2v) is 7.09. The van der Waals surface area contributed by atoms with Gasteiger partial charge in [-0.1, -0.05) is 13.0 Å². The number of hydrogen-bond acceptors (Lipinski definition) is 5. The van der Waals surface area contributed by atoms with Gasteiger partial charge in [-0.15, -0.1) is 0 Å². The van der Waals surface area contributed by atoms with Crippen LogP contribution in [0.25, 0.3) is 0 Å². The van der Waals surface area contributed by atoms with Crippen molar-refractivity contribution >= 4 is 17.5 Å². The molecule has 154 valence electrons. The summed E-state index contributed by atoms with van der Waals surface area (Å²) < 4.78 is 5.34. The van der Waals surface area contributed by atoms with Gasteiger partial charge in [0.15, 0.2) is 5.78 Å². The van der Waals surface area contributed by atoms with Gasteiger partial charge >= 0.3 is 6.03 Å². The van der Waals surface area contributed by atoms with E-state index in [9.17, 15) is 9.59 Å². The zero-order valence-electron chi connectivity index (χ0n) is 17.3. The van der Waals surface area contributed by atoms with Crippen molar-refractivity contribution in [2.75, 3.05) is 44.7 Å². The van der Waals surface area contributed by atoms with Gasteiger partial charge in [-0.25, -0.2) is 4.79 Å². The van der Waals surface area contributed by atoms with Gasteiger partial charge in [0.2, 0.25) is 0 Å². The molecule has 0 spiro atoms. The first kappa shape index (κ1) is 20.8. The molecule has 2 aromatic rings. The van der Waals surface area contributed by atoms with Crippen LogP contribution in [0.5, 0.6) is 5.75 Å². The van der Waals surface area contributed by atoms with Crippen LogP contribution in [-0.2, 0) is 6.54 Å². The number of hydrogen-bond donors (Lipinski definition) is 0. The summed E-state index contributed by atoms with van der Waals surface area (Å²) in [6.45, 7) is 8.11. The van der Waals surface area contributed by atoms with Crippen molar-refractivity contribution in [3.63, 3.8) is 0 Å². The summed E-state index contributed by atoms with van der Waals surface area (Å²) in [5.74, 6) is 0.662. The molecule has 7 heteroatoms. The van der Waals surface area contributed by atoms with Gasteiger partial charge in [0.05, 0.1) is 19.3 Å². The lowest BCUT2D eigenvalue weighted by Crippen LogP contribution is -2.52. The van der Waals surface area contributed by atoms with E-state index < -0.39 is 0 Å². The van der Waals surface area contributed by atoms with Crippen molar-refractivity contribution in [2.45, 2.75) is 20.4 Å². The van der Waals surface area contributed by atoms with Gasteiger partial charge in [-0.05, 0) is 37.7 Å². The van der Waals surface area contributed by atoms with Gasteiger partial charge in [-0.2, -0.15) is 0 Å². The molecule has 1 fully saturated rings. The van der Waals surface area contributed by atoms with Crippen LogP contribution in [0.1, 0.15) is 29.9 Å². The predicted octanol–water partition coefficient (Wildman–Crippen LogP) is 3.06. The number of Topliss-reactive ketones (excluding diaryl/α,β-unsaturated/α-hetero) is 1. The fraction of sp³-hybridized carbons (Fsp3) is 0.409. The maximum atomic E-state index is 13.4. The number of ether oxygens (including phenoxy) is 1. The number of amides is 2. The number of methoxy groups -OCH3 is 1. The molecule has 0 atom stereocenters. The Kier molecular flexibility index (Phi) is 6.82. The number of anilines is 1. The molecule has 1 aromatic carbocycles. The summed E-state index contributed by atoms with van der Waals surface area (Å²) >= 11 is 0. The van der Waals surface area contributed by atoms with E-state index in [1.165, 1.54) is 6.92 Å². The minimum absolute atomic E-state index is 0.0291. The first-order valence-electron chi connectivity index (χ1n) is 9.90. The van der Waals surface area contributed by atoms with E-state index in [0.29, 0.717) is 30.9 Å². The molecule has 2 amide bonds. The van der Waals surface area contributed by atoms with E-state index in [4.69, 9.17) is 4.74 Å². The lowest BCUT2D eigenvalue weighted by atomic mass is 10.2. The fourth-order valence-corrected chi connectivity index (χ4v) is 3.36. The summed E-state index contributed by atoms with van der Waals surface area (Å²) in [5, 5.41) is 0. The summed E-state index contributed by atoms with van der Waals surface area (Å²) in [7, 11) is 1.61. The number of rotatable bonds is 6. The zero-order chi connectivity index (χ0) is 20.8. The highest BCUT2D eigenvalue weighted by Crippen LogP contribution is 2.24. The lowest BCUT2D eigenvalue weighted by Gasteiger charge is -2.37. The Bertz CT molecular complexity index is 845. The first-order chi connectivity index (χ1) is 14.0. The Hall–Kier alpha value is -2.93. The topological polar surface area (TPSA) is 66.0 Å². The standard InChI is InChI=1S/C22H28N4O3/c1-4-24-10-12-25(13-11-24)22(28)26(20-6-5-7-21(14-20)29-3)16-19-9-8-18(15-23-19)17(2)27/h5-9,14-15H,4,10-13,16H2,1-3H3. The van der Waals surface area contributed by atoms with Crippen molar-refractivity contribution in [2.24, 2.45) is 0 Å².